The van der Waals surface area contributed by atoms with Gasteiger partial charge in [-0.15, -0.1) is 0 Å². The number of hydrogen-bond donors (Lipinski definition) is 3. The van der Waals surface area contributed by atoms with Crippen molar-refractivity contribution in [3.8, 4) is 11.5 Å². The van der Waals surface area contributed by atoms with Gasteiger partial charge in [0.1, 0.15) is 0 Å². The summed E-state index contributed by atoms with van der Waals surface area (Å²) in [5.41, 5.74) is 0.781. The lowest BCUT2D eigenvalue weighted by Gasteiger charge is -2.14. The predicted octanol–water partition coefficient (Wildman–Crippen LogP) is -1.46. The average molecular weight is 198 g/mol. The molecule has 0 fully saturated rings. The molecule has 0 aliphatic carbocycles. The molecule has 0 radical (unpaired) electrons. The highest BCUT2D eigenvalue weighted by molar-refractivity contribution is 5.92. The third-order valence-corrected chi connectivity index (χ3v) is 1.77. The second kappa shape index (κ2) is 3.95. The van der Waals surface area contributed by atoms with E-state index >= 15 is 0 Å². The highest BCUT2D eigenvalue weighted by Gasteiger charge is 2.13. The smallest absolute Gasteiger partial charge is 0.335 e. The van der Waals surface area contributed by atoms with E-state index in [1.54, 1.807) is 0 Å². The summed E-state index contributed by atoms with van der Waals surface area (Å²) in [6, 6.07) is 2.58. The Morgan fingerprint density at radius 3 is 2.71 bits per heavy atom. The Bertz CT molecular complexity index is 365. The lowest BCUT2D eigenvalue weighted by Crippen LogP contribution is -2.85. The van der Waals surface area contributed by atoms with Crippen LogP contribution in [0.3, 0.4) is 0 Å². The number of methoxy groups -OCH3 is 1. The molecule has 0 unspecified atom stereocenters. The fraction of sp³-hybridized carbons (Fsp3) is 0.125. The summed E-state index contributed by atoms with van der Waals surface area (Å²) in [6.07, 6.45) is 0. The van der Waals surface area contributed by atoms with E-state index in [0.717, 1.165) is 5.43 Å². The van der Waals surface area contributed by atoms with Crippen molar-refractivity contribution in [2.45, 2.75) is 0 Å². The topological polar surface area (TPSA) is 112 Å². The van der Waals surface area contributed by atoms with E-state index < -0.39 is 11.7 Å². The zero-order valence-electron chi connectivity index (χ0n) is 7.48. The average Bonchev–Trinajstić information content (AvgIpc) is 2.16. The second-order valence-corrected chi connectivity index (χ2v) is 2.53. The number of hydrogen-bond acceptors (Lipinski definition) is 4. The first-order chi connectivity index (χ1) is 6.61. The molecule has 5 N–H and O–H groups in total. The van der Waals surface area contributed by atoms with Crippen LogP contribution in [0.4, 0.5) is 5.69 Å². The lowest BCUT2D eigenvalue weighted by atomic mass is 10.1. The molecule has 14 heavy (non-hydrogen) atoms. The summed E-state index contributed by atoms with van der Waals surface area (Å²) in [6.45, 7) is 0. The van der Waals surface area contributed by atoms with Gasteiger partial charge in [-0.2, -0.15) is 5.84 Å². The summed E-state index contributed by atoms with van der Waals surface area (Å²) >= 11 is 0. The van der Waals surface area contributed by atoms with Crippen LogP contribution in [0.1, 0.15) is 10.4 Å². The molecule has 76 valence electrons. The number of carbonyl (C=O) groups is 1. The number of quaternary nitrogens is 1. The van der Waals surface area contributed by atoms with Crippen LogP contribution in [0.5, 0.6) is 11.5 Å². The molecule has 6 heteroatoms. The third kappa shape index (κ3) is 1.61. The van der Waals surface area contributed by atoms with Crippen molar-refractivity contribution < 1.29 is 25.2 Å². The summed E-state index contributed by atoms with van der Waals surface area (Å²) < 4.78 is 4.85. The van der Waals surface area contributed by atoms with E-state index in [-0.39, 0.29) is 17.0 Å². The number of nitrogens with two attached hydrogens (primary N) is 2. The Morgan fingerprint density at radius 1 is 1.64 bits per heavy atom. The number of carboxylic acid groups (broad SMARTS) is 1. The molecule has 1 aromatic rings. The van der Waals surface area contributed by atoms with Crippen molar-refractivity contribution >= 4 is 11.7 Å². The van der Waals surface area contributed by atoms with Crippen LogP contribution in [0.25, 0.3) is 0 Å². The number of ether oxygens (including phenoxy) is 1. The van der Waals surface area contributed by atoms with Crippen molar-refractivity contribution in [3.63, 3.8) is 0 Å². The SMILES string of the molecule is COc1ccc(C(=O)O)c([O-])c1[NH2+]N. The van der Waals surface area contributed by atoms with Gasteiger partial charge in [-0.25, -0.2) is 10.2 Å². The maximum atomic E-state index is 11.4. The Balaban J connectivity index is 3.34. The molecular formula is C8H10N2O4. The van der Waals surface area contributed by atoms with Gasteiger partial charge in [-0.05, 0) is 17.9 Å². The highest BCUT2D eigenvalue weighted by Crippen LogP contribution is 2.30. The Kier molecular flexibility index (Phi) is 2.90. The van der Waals surface area contributed by atoms with Gasteiger partial charge in [0.25, 0.3) is 0 Å². The normalized spacial score (nSPS) is 9.86. The molecule has 0 saturated heterocycles. The zero-order chi connectivity index (χ0) is 10.7. The quantitative estimate of drug-likeness (QED) is 0.312. The molecule has 0 aliphatic heterocycles. The van der Waals surface area contributed by atoms with Crippen molar-refractivity contribution in [1.29, 1.82) is 0 Å². The molecule has 0 aliphatic rings. The van der Waals surface area contributed by atoms with Crippen molar-refractivity contribution in [3.05, 3.63) is 17.7 Å². The van der Waals surface area contributed by atoms with Gasteiger partial charge in [-0.3, -0.25) is 0 Å². The number of aromatic carboxylic acids is 1. The molecule has 0 spiro atoms. The van der Waals surface area contributed by atoms with E-state index in [4.69, 9.17) is 15.7 Å². The molecule has 0 heterocycles. The van der Waals surface area contributed by atoms with Crippen LogP contribution in [-0.4, -0.2) is 18.2 Å². The van der Waals surface area contributed by atoms with Crippen LogP contribution in [0.15, 0.2) is 12.1 Å². The molecule has 0 aromatic heterocycles. The van der Waals surface area contributed by atoms with Gasteiger partial charge >= 0.3 is 5.97 Å². The van der Waals surface area contributed by atoms with E-state index in [9.17, 15) is 9.90 Å². The number of carboxylic acids is 1. The molecule has 6 nitrogen and oxygen atoms in total. The Hall–Kier alpha value is -1.79. The van der Waals surface area contributed by atoms with Crippen LogP contribution in [0, 0.1) is 0 Å². The van der Waals surface area contributed by atoms with Crippen LogP contribution >= 0.6 is 0 Å². The standard InChI is InChI=1S/C8H10N2O4/c1-14-5-3-2-4(8(12)13)7(11)6(5)10-9/h2-3,10-11H,9H2,1H3,(H,12,13). The fourth-order valence-electron chi connectivity index (χ4n) is 1.09. The lowest BCUT2D eigenvalue weighted by molar-refractivity contribution is -0.588. The van der Waals surface area contributed by atoms with E-state index in [1.807, 2.05) is 0 Å². The maximum Gasteiger partial charge on any atom is 0.335 e. The summed E-state index contributed by atoms with van der Waals surface area (Å²) in [4.78, 5) is 10.6. The molecular weight excluding hydrogens is 188 g/mol. The van der Waals surface area contributed by atoms with E-state index in [2.05, 4.69) is 0 Å². The predicted molar refractivity (Wildman–Crippen MR) is 45.2 cm³/mol. The highest BCUT2D eigenvalue weighted by atomic mass is 16.5. The number of benzene rings is 1. The van der Waals surface area contributed by atoms with Gasteiger partial charge in [0.05, 0.1) is 12.7 Å². The van der Waals surface area contributed by atoms with Gasteiger partial charge in [0.2, 0.25) is 0 Å². The minimum atomic E-state index is -1.28. The summed E-state index contributed by atoms with van der Waals surface area (Å²) in [5.74, 6) is 3.55. The first kappa shape index (κ1) is 10.3. The molecule has 0 atom stereocenters. The van der Waals surface area contributed by atoms with Gasteiger partial charge in [0, 0.05) is 0 Å². The van der Waals surface area contributed by atoms with Crippen molar-refractivity contribution in [1.82, 2.24) is 0 Å². The van der Waals surface area contributed by atoms with Crippen LogP contribution in [-0.2, 0) is 0 Å². The zero-order valence-corrected chi connectivity index (χ0v) is 7.48. The van der Waals surface area contributed by atoms with Crippen LogP contribution in [0.2, 0.25) is 0 Å². The third-order valence-electron chi connectivity index (χ3n) is 1.77. The largest absolute Gasteiger partial charge is 0.868 e. The number of rotatable bonds is 3. The molecule has 1 aromatic carbocycles. The van der Waals surface area contributed by atoms with Crippen LogP contribution < -0.4 is 21.1 Å². The Labute approximate surface area is 79.9 Å². The first-order valence-electron chi connectivity index (χ1n) is 3.78. The molecule has 0 bridgehead atoms. The minimum Gasteiger partial charge on any atom is -0.868 e. The Morgan fingerprint density at radius 2 is 2.29 bits per heavy atom. The minimum absolute atomic E-state index is 0.0624. The fourth-order valence-corrected chi connectivity index (χ4v) is 1.09. The molecule has 1 rings (SSSR count). The van der Waals surface area contributed by atoms with E-state index in [1.165, 1.54) is 19.2 Å². The van der Waals surface area contributed by atoms with Crippen molar-refractivity contribution in [2.24, 2.45) is 5.84 Å². The van der Waals surface area contributed by atoms with E-state index in [0.29, 0.717) is 0 Å². The maximum absolute atomic E-state index is 11.4. The van der Waals surface area contributed by atoms with Gasteiger partial charge < -0.3 is 14.9 Å². The monoisotopic (exact) mass is 198 g/mol. The first-order valence-corrected chi connectivity index (χ1v) is 3.78. The molecule has 0 saturated carbocycles. The van der Waals surface area contributed by atoms with Gasteiger partial charge in [-0.1, -0.05) is 0 Å². The van der Waals surface area contributed by atoms with Crippen molar-refractivity contribution in [2.75, 3.05) is 7.11 Å². The molecule has 0 amide bonds. The van der Waals surface area contributed by atoms with Gasteiger partial charge in [0.15, 0.2) is 11.4 Å². The summed E-state index contributed by atoms with van der Waals surface area (Å²) in [7, 11) is 1.38. The summed E-state index contributed by atoms with van der Waals surface area (Å²) in [5, 5.41) is 20.1. The second-order valence-electron chi connectivity index (χ2n) is 2.53.